The van der Waals surface area contributed by atoms with Gasteiger partial charge in [-0.15, -0.1) is 5.10 Å². The fourth-order valence-corrected chi connectivity index (χ4v) is 1.53. The number of nitrogens with two attached hydrogens (primary N) is 1. The predicted octanol–water partition coefficient (Wildman–Crippen LogP) is -0.292. The molecule has 1 aromatic rings. The Kier molecular flexibility index (Phi) is 5.77. The summed E-state index contributed by atoms with van der Waals surface area (Å²) in [4.78, 5) is 26.5. The molecular weight excluding hydrogens is 250 g/mol. The molecule has 8 heteroatoms. The summed E-state index contributed by atoms with van der Waals surface area (Å²) in [6.07, 6.45) is 3.19. The molecule has 1 unspecified atom stereocenters. The van der Waals surface area contributed by atoms with E-state index in [-0.39, 0.29) is 31.0 Å². The molecule has 106 valence electrons. The van der Waals surface area contributed by atoms with E-state index in [1.807, 2.05) is 13.8 Å². The zero-order valence-corrected chi connectivity index (χ0v) is 11.1. The molecule has 1 aromatic heterocycles. The van der Waals surface area contributed by atoms with E-state index in [2.05, 4.69) is 15.4 Å². The van der Waals surface area contributed by atoms with Gasteiger partial charge in [-0.05, 0) is 13.3 Å². The van der Waals surface area contributed by atoms with Crippen molar-refractivity contribution in [2.75, 3.05) is 12.3 Å². The van der Waals surface area contributed by atoms with E-state index in [0.29, 0.717) is 0 Å². The second-order valence-electron chi connectivity index (χ2n) is 4.22. The average Bonchev–Trinajstić information content (AvgIpc) is 2.72. The van der Waals surface area contributed by atoms with Gasteiger partial charge in [-0.1, -0.05) is 13.3 Å². The summed E-state index contributed by atoms with van der Waals surface area (Å²) in [6, 6.07) is 0.0753. The van der Waals surface area contributed by atoms with E-state index < -0.39 is 5.97 Å². The number of nitrogen functional groups attached to an aromatic ring is 1. The molecule has 0 aliphatic rings. The van der Waals surface area contributed by atoms with E-state index >= 15 is 0 Å². The first-order valence-corrected chi connectivity index (χ1v) is 6.11. The molecule has 0 spiro atoms. The number of anilines is 1. The van der Waals surface area contributed by atoms with Gasteiger partial charge in [0.25, 0.3) is 5.91 Å². The average molecular weight is 269 g/mol. The van der Waals surface area contributed by atoms with Crippen molar-refractivity contribution in [3.05, 3.63) is 6.33 Å². The Labute approximate surface area is 111 Å². The Bertz CT molecular complexity index is 432. The van der Waals surface area contributed by atoms with Crippen molar-refractivity contribution in [2.45, 2.75) is 39.3 Å². The second-order valence-corrected chi connectivity index (χ2v) is 4.22. The highest BCUT2D eigenvalue weighted by Gasteiger charge is 2.11. The minimum atomic E-state index is -0.566. The van der Waals surface area contributed by atoms with E-state index in [4.69, 9.17) is 10.5 Å². The van der Waals surface area contributed by atoms with Crippen molar-refractivity contribution in [3.8, 4) is 0 Å². The molecule has 0 aliphatic carbocycles. The van der Waals surface area contributed by atoms with Crippen LogP contribution in [0.15, 0.2) is 6.33 Å². The van der Waals surface area contributed by atoms with Crippen LogP contribution >= 0.6 is 0 Å². The predicted molar refractivity (Wildman–Crippen MR) is 67.9 cm³/mol. The Balaban J connectivity index is 2.24. The van der Waals surface area contributed by atoms with Crippen molar-refractivity contribution < 1.29 is 14.3 Å². The zero-order valence-electron chi connectivity index (χ0n) is 11.1. The molecule has 0 fully saturated rings. The van der Waals surface area contributed by atoms with Crippen LogP contribution in [-0.2, 0) is 20.9 Å². The highest BCUT2D eigenvalue weighted by molar-refractivity contribution is 5.80. The summed E-state index contributed by atoms with van der Waals surface area (Å²) in [5.74, 6) is -0.797. The largest absolute Gasteiger partial charge is 0.454 e. The number of hydrogen-bond acceptors (Lipinski definition) is 6. The lowest BCUT2D eigenvalue weighted by Crippen LogP contribution is -2.36. The van der Waals surface area contributed by atoms with Crippen LogP contribution in [0.5, 0.6) is 0 Å². The van der Waals surface area contributed by atoms with E-state index in [1.165, 1.54) is 11.0 Å². The Morgan fingerprint density at radius 3 is 2.89 bits per heavy atom. The quantitative estimate of drug-likeness (QED) is 0.658. The lowest BCUT2D eigenvalue weighted by atomic mass is 10.2. The molecule has 0 aromatic carbocycles. The van der Waals surface area contributed by atoms with Crippen molar-refractivity contribution in [3.63, 3.8) is 0 Å². The minimum absolute atomic E-state index is 0.0753. The zero-order chi connectivity index (χ0) is 14.3. The second kappa shape index (κ2) is 7.34. The van der Waals surface area contributed by atoms with Gasteiger partial charge in [0.05, 0.1) is 0 Å². The fourth-order valence-electron chi connectivity index (χ4n) is 1.53. The lowest BCUT2D eigenvalue weighted by molar-refractivity contribution is -0.149. The van der Waals surface area contributed by atoms with Gasteiger partial charge in [-0.3, -0.25) is 9.59 Å². The number of carbonyl (C=O) groups is 2. The van der Waals surface area contributed by atoms with E-state index in [0.717, 1.165) is 12.8 Å². The Hall–Kier alpha value is -2.12. The molecule has 1 heterocycles. The van der Waals surface area contributed by atoms with Gasteiger partial charge >= 0.3 is 5.97 Å². The van der Waals surface area contributed by atoms with Crippen LogP contribution in [0.2, 0.25) is 0 Å². The summed E-state index contributed by atoms with van der Waals surface area (Å²) in [7, 11) is 0. The van der Waals surface area contributed by atoms with Crippen molar-refractivity contribution in [1.82, 2.24) is 20.1 Å². The van der Waals surface area contributed by atoms with Crippen LogP contribution in [0, 0.1) is 0 Å². The molecule has 8 nitrogen and oxygen atoms in total. The number of carbonyl (C=O) groups excluding carboxylic acids is 2. The molecule has 1 atom stereocenters. The van der Waals surface area contributed by atoms with E-state index in [1.54, 1.807) is 0 Å². The molecule has 1 amide bonds. The van der Waals surface area contributed by atoms with E-state index in [9.17, 15) is 9.59 Å². The monoisotopic (exact) mass is 269 g/mol. The van der Waals surface area contributed by atoms with Crippen molar-refractivity contribution >= 4 is 17.8 Å². The molecule has 0 saturated carbocycles. The Morgan fingerprint density at radius 2 is 2.32 bits per heavy atom. The maximum Gasteiger partial charge on any atom is 0.328 e. The molecule has 0 radical (unpaired) electrons. The molecular formula is C11H19N5O3. The first kappa shape index (κ1) is 14.9. The van der Waals surface area contributed by atoms with Crippen molar-refractivity contribution in [1.29, 1.82) is 0 Å². The molecule has 1 rings (SSSR count). The molecule has 0 aliphatic heterocycles. The Morgan fingerprint density at radius 1 is 1.58 bits per heavy atom. The number of hydrogen-bond donors (Lipinski definition) is 2. The molecule has 0 bridgehead atoms. The highest BCUT2D eigenvalue weighted by atomic mass is 16.5. The van der Waals surface area contributed by atoms with Crippen LogP contribution in [-0.4, -0.2) is 39.3 Å². The first-order valence-electron chi connectivity index (χ1n) is 6.11. The maximum absolute atomic E-state index is 11.4. The standard InChI is InChI=1S/C11H19N5O3/c1-3-4-8(2)14-9(17)6-19-10(18)5-16-7-13-11(12)15-16/h7-8H,3-6H2,1-2H3,(H2,12,15)(H,14,17). The third-order valence-corrected chi connectivity index (χ3v) is 2.34. The third-order valence-electron chi connectivity index (χ3n) is 2.34. The number of rotatable bonds is 7. The van der Waals surface area contributed by atoms with Gasteiger partial charge in [0.2, 0.25) is 5.95 Å². The maximum atomic E-state index is 11.4. The number of amides is 1. The van der Waals surface area contributed by atoms with Gasteiger partial charge in [0.1, 0.15) is 12.9 Å². The lowest BCUT2D eigenvalue weighted by Gasteiger charge is -2.12. The highest BCUT2D eigenvalue weighted by Crippen LogP contribution is 1.95. The summed E-state index contributed by atoms with van der Waals surface area (Å²) in [5.41, 5.74) is 5.30. The molecule has 19 heavy (non-hydrogen) atoms. The van der Waals surface area contributed by atoms with Crippen LogP contribution in [0.25, 0.3) is 0 Å². The van der Waals surface area contributed by atoms with Gasteiger partial charge in [0.15, 0.2) is 6.61 Å². The summed E-state index contributed by atoms with van der Waals surface area (Å²) in [6.45, 7) is 3.52. The molecule has 0 saturated heterocycles. The third kappa shape index (κ3) is 5.84. The first-order chi connectivity index (χ1) is 9.01. The van der Waals surface area contributed by atoms with Gasteiger partial charge in [-0.2, -0.15) is 0 Å². The van der Waals surface area contributed by atoms with Crippen LogP contribution < -0.4 is 11.1 Å². The number of ether oxygens (including phenoxy) is 1. The number of nitrogens with one attached hydrogen (secondary N) is 1. The molecule has 3 N–H and O–H groups in total. The summed E-state index contributed by atoms with van der Waals surface area (Å²) in [5, 5.41) is 6.47. The van der Waals surface area contributed by atoms with Crippen LogP contribution in [0.3, 0.4) is 0 Å². The van der Waals surface area contributed by atoms with Crippen LogP contribution in [0.4, 0.5) is 5.95 Å². The van der Waals surface area contributed by atoms with Crippen molar-refractivity contribution in [2.24, 2.45) is 0 Å². The van der Waals surface area contributed by atoms with Gasteiger partial charge in [0, 0.05) is 6.04 Å². The number of aromatic nitrogens is 3. The number of nitrogens with zero attached hydrogens (tertiary/aromatic N) is 3. The normalized spacial score (nSPS) is 11.9. The van der Waals surface area contributed by atoms with Crippen LogP contribution in [0.1, 0.15) is 26.7 Å². The van der Waals surface area contributed by atoms with Gasteiger partial charge in [-0.25, -0.2) is 9.67 Å². The SMILES string of the molecule is CCCC(C)NC(=O)COC(=O)Cn1cnc(N)n1. The minimum Gasteiger partial charge on any atom is -0.454 e. The fraction of sp³-hybridized carbons (Fsp3) is 0.636. The summed E-state index contributed by atoms with van der Waals surface area (Å²) >= 11 is 0. The number of esters is 1. The smallest absolute Gasteiger partial charge is 0.328 e. The van der Waals surface area contributed by atoms with Gasteiger partial charge < -0.3 is 15.8 Å². The topological polar surface area (TPSA) is 112 Å². The summed E-state index contributed by atoms with van der Waals surface area (Å²) < 4.78 is 6.06.